The van der Waals surface area contributed by atoms with Gasteiger partial charge in [0.25, 0.3) is 0 Å². The fraction of sp³-hybridized carbons (Fsp3) is 0.105. The highest BCUT2D eigenvalue weighted by atomic mass is 35.5. The molecule has 0 amide bonds. The lowest BCUT2D eigenvalue weighted by molar-refractivity contribution is -0.120. The van der Waals surface area contributed by atoms with Crippen molar-refractivity contribution in [1.29, 1.82) is 0 Å². The molecule has 6 heteroatoms. The molecule has 1 heterocycles. The van der Waals surface area contributed by atoms with Gasteiger partial charge in [-0.1, -0.05) is 41.9 Å². The molecular formula is C19H15ClN2O3. The van der Waals surface area contributed by atoms with Gasteiger partial charge in [0.2, 0.25) is 0 Å². The van der Waals surface area contributed by atoms with Crippen LogP contribution in [0.4, 0.5) is 0 Å². The Bertz CT molecular complexity index is 902. The first kappa shape index (κ1) is 16.9. The average molecular weight is 355 g/mol. The van der Waals surface area contributed by atoms with E-state index in [4.69, 9.17) is 16.3 Å². The summed E-state index contributed by atoms with van der Waals surface area (Å²) in [7, 11) is 0. The molecule has 2 aromatic carbocycles. The minimum atomic E-state index is -0.605. The zero-order valence-corrected chi connectivity index (χ0v) is 14.2. The fourth-order valence-corrected chi connectivity index (χ4v) is 2.42. The van der Waals surface area contributed by atoms with Crippen LogP contribution in [0.5, 0.6) is 0 Å². The number of carbonyl (C=O) groups is 2. The topological polar surface area (TPSA) is 61.2 Å². The van der Waals surface area contributed by atoms with Gasteiger partial charge in [-0.25, -0.2) is 9.48 Å². The second-order valence-corrected chi connectivity index (χ2v) is 5.88. The predicted molar refractivity (Wildman–Crippen MR) is 95.0 cm³/mol. The summed E-state index contributed by atoms with van der Waals surface area (Å²) in [5.41, 5.74) is 2.39. The largest absolute Gasteiger partial charge is 0.453 e. The smallest absolute Gasteiger partial charge is 0.357 e. The van der Waals surface area contributed by atoms with E-state index >= 15 is 0 Å². The molecule has 0 spiro atoms. The van der Waals surface area contributed by atoms with Gasteiger partial charge in [0.05, 0.1) is 11.4 Å². The van der Waals surface area contributed by atoms with Crippen molar-refractivity contribution in [3.63, 3.8) is 0 Å². The number of esters is 1. The molecule has 0 aliphatic carbocycles. The lowest BCUT2D eigenvalue weighted by Gasteiger charge is -2.06. The van der Waals surface area contributed by atoms with Crippen LogP contribution in [-0.4, -0.2) is 28.1 Å². The Morgan fingerprint density at radius 1 is 1.08 bits per heavy atom. The molecule has 126 valence electrons. The molecule has 0 N–H and O–H groups in total. The van der Waals surface area contributed by atoms with Gasteiger partial charge in [-0.2, -0.15) is 5.10 Å². The van der Waals surface area contributed by atoms with E-state index in [0.29, 0.717) is 10.7 Å². The van der Waals surface area contributed by atoms with E-state index in [9.17, 15) is 9.59 Å². The number of benzene rings is 2. The van der Waals surface area contributed by atoms with Gasteiger partial charge in [0.15, 0.2) is 11.5 Å². The Kier molecular flexibility index (Phi) is 4.95. The Morgan fingerprint density at radius 2 is 1.76 bits per heavy atom. The van der Waals surface area contributed by atoms with Crippen molar-refractivity contribution >= 4 is 23.4 Å². The van der Waals surface area contributed by atoms with Crippen molar-refractivity contribution in [2.75, 3.05) is 6.61 Å². The molecule has 3 aromatic rings. The summed E-state index contributed by atoms with van der Waals surface area (Å²) in [5, 5.41) is 5.13. The van der Waals surface area contributed by atoms with Gasteiger partial charge in [-0.3, -0.25) is 4.79 Å². The first-order valence-corrected chi connectivity index (χ1v) is 8.00. The zero-order chi connectivity index (χ0) is 17.8. The molecule has 0 bridgehead atoms. The van der Waals surface area contributed by atoms with E-state index in [-0.39, 0.29) is 18.1 Å². The van der Waals surface area contributed by atoms with Gasteiger partial charge < -0.3 is 4.74 Å². The predicted octanol–water partition coefficient (Wildman–Crippen LogP) is 3.94. The van der Waals surface area contributed by atoms with Crippen LogP contribution in [0.25, 0.3) is 16.9 Å². The van der Waals surface area contributed by atoms with Crippen molar-refractivity contribution in [2.45, 2.75) is 6.92 Å². The highest BCUT2D eigenvalue weighted by Gasteiger charge is 2.19. The quantitative estimate of drug-likeness (QED) is 0.651. The third kappa shape index (κ3) is 3.95. The Hall–Kier alpha value is -2.92. The van der Waals surface area contributed by atoms with Crippen LogP contribution in [0.3, 0.4) is 0 Å². The maximum absolute atomic E-state index is 12.4. The molecule has 0 aliphatic rings. The second-order valence-electron chi connectivity index (χ2n) is 5.45. The summed E-state index contributed by atoms with van der Waals surface area (Å²) in [6, 6.07) is 18.0. The summed E-state index contributed by atoms with van der Waals surface area (Å²) in [5.74, 6) is -0.830. The maximum atomic E-state index is 12.4. The number of halogens is 1. The van der Waals surface area contributed by atoms with Crippen LogP contribution < -0.4 is 0 Å². The third-order valence-corrected chi connectivity index (χ3v) is 3.72. The SMILES string of the molecule is CC(=O)COC(=O)c1cc(-c2ccc(Cl)cc2)nn1-c1ccccc1. The van der Waals surface area contributed by atoms with Gasteiger partial charge >= 0.3 is 5.97 Å². The third-order valence-electron chi connectivity index (χ3n) is 3.47. The van der Waals surface area contributed by atoms with E-state index in [2.05, 4.69) is 5.10 Å². The van der Waals surface area contributed by atoms with E-state index < -0.39 is 5.97 Å². The second kappa shape index (κ2) is 7.32. The highest BCUT2D eigenvalue weighted by Crippen LogP contribution is 2.23. The number of ether oxygens (including phenoxy) is 1. The normalized spacial score (nSPS) is 10.5. The molecule has 0 atom stereocenters. The lowest BCUT2D eigenvalue weighted by Crippen LogP contribution is -2.15. The van der Waals surface area contributed by atoms with Crippen LogP contribution in [0.2, 0.25) is 5.02 Å². The molecule has 0 saturated heterocycles. The molecule has 0 aliphatic heterocycles. The van der Waals surface area contributed by atoms with Crippen molar-refractivity contribution in [3.05, 3.63) is 71.4 Å². The maximum Gasteiger partial charge on any atom is 0.357 e. The average Bonchev–Trinajstić information content (AvgIpc) is 3.06. The van der Waals surface area contributed by atoms with E-state index in [1.807, 2.05) is 42.5 Å². The summed E-state index contributed by atoms with van der Waals surface area (Å²) in [6.07, 6.45) is 0. The minimum Gasteiger partial charge on any atom is -0.453 e. The molecule has 0 saturated carbocycles. The minimum absolute atomic E-state index is 0.225. The zero-order valence-electron chi connectivity index (χ0n) is 13.5. The van der Waals surface area contributed by atoms with Gasteiger partial charge in [-0.05, 0) is 37.3 Å². The monoisotopic (exact) mass is 354 g/mol. The van der Waals surface area contributed by atoms with Crippen molar-refractivity contribution < 1.29 is 14.3 Å². The molecule has 25 heavy (non-hydrogen) atoms. The summed E-state index contributed by atoms with van der Waals surface area (Å²) >= 11 is 5.92. The Balaban J connectivity index is 2.03. The summed E-state index contributed by atoms with van der Waals surface area (Å²) < 4.78 is 6.56. The van der Waals surface area contributed by atoms with Crippen LogP contribution in [0, 0.1) is 0 Å². The number of hydrogen-bond acceptors (Lipinski definition) is 4. The van der Waals surface area contributed by atoms with E-state index in [1.54, 1.807) is 18.2 Å². The standard InChI is InChI=1S/C19H15ClN2O3/c1-13(23)12-25-19(24)18-11-17(14-7-9-15(20)10-8-14)21-22(18)16-5-3-2-4-6-16/h2-11H,12H2,1H3. The number of aromatic nitrogens is 2. The summed E-state index contributed by atoms with van der Waals surface area (Å²) in [4.78, 5) is 23.5. The van der Waals surface area contributed by atoms with Crippen LogP contribution in [-0.2, 0) is 9.53 Å². The number of hydrogen-bond donors (Lipinski definition) is 0. The number of ketones is 1. The van der Waals surface area contributed by atoms with Crippen LogP contribution in [0.15, 0.2) is 60.7 Å². The number of para-hydroxylation sites is 1. The van der Waals surface area contributed by atoms with Crippen LogP contribution >= 0.6 is 11.6 Å². The number of Topliss-reactive ketones (excluding diaryl/α,β-unsaturated/α-hetero) is 1. The molecule has 5 nitrogen and oxygen atoms in total. The van der Waals surface area contributed by atoms with Gasteiger partial charge in [0, 0.05) is 10.6 Å². The Labute approximate surface area is 149 Å². The summed E-state index contributed by atoms with van der Waals surface area (Å²) in [6.45, 7) is 1.09. The molecule has 0 radical (unpaired) electrons. The highest BCUT2D eigenvalue weighted by molar-refractivity contribution is 6.30. The van der Waals surface area contributed by atoms with Crippen LogP contribution in [0.1, 0.15) is 17.4 Å². The number of carbonyl (C=O) groups excluding carboxylic acids is 2. The first-order valence-electron chi connectivity index (χ1n) is 7.62. The molecule has 3 rings (SSSR count). The van der Waals surface area contributed by atoms with Crippen molar-refractivity contribution in [1.82, 2.24) is 9.78 Å². The van der Waals surface area contributed by atoms with E-state index in [0.717, 1.165) is 11.3 Å². The lowest BCUT2D eigenvalue weighted by atomic mass is 10.1. The first-order chi connectivity index (χ1) is 12.0. The molecular weight excluding hydrogens is 340 g/mol. The van der Waals surface area contributed by atoms with Crippen molar-refractivity contribution in [2.24, 2.45) is 0 Å². The number of nitrogens with zero attached hydrogens (tertiary/aromatic N) is 2. The Morgan fingerprint density at radius 3 is 2.40 bits per heavy atom. The molecule has 0 unspecified atom stereocenters. The van der Waals surface area contributed by atoms with Crippen molar-refractivity contribution in [3.8, 4) is 16.9 Å². The van der Waals surface area contributed by atoms with Gasteiger partial charge in [0.1, 0.15) is 6.61 Å². The fourth-order valence-electron chi connectivity index (χ4n) is 2.30. The van der Waals surface area contributed by atoms with Gasteiger partial charge in [-0.15, -0.1) is 0 Å². The number of rotatable bonds is 5. The molecule has 0 fully saturated rings. The van der Waals surface area contributed by atoms with E-state index in [1.165, 1.54) is 11.6 Å². The molecule has 1 aromatic heterocycles.